The smallest absolute Gasteiger partial charge is 0.148 e. The number of nitrogens with two attached hydrogens (primary N) is 1. The van der Waals surface area contributed by atoms with Crippen LogP contribution in [0.15, 0.2) is 29.5 Å². The Morgan fingerprint density at radius 1 is 1.42 bits per heavy atom. The van der Waals surface area contributed by atoms with Gasteiger partial charge in [-0.25, -0.2) is 0 Å². The summed E-state index contributed by atoms with van der Waals surface area (Å²) in [6.07, 6.45) is 10.3. The fraction of sp³-hybridized carbons (Fsp3) is 0.400. The van der Waals surface area contributed by atoms with Gasteiger partial charge in [0, 0.05) is 26.6 Å². The first-order valence-electron chi connectivity index (χ1n) is 4.12. The summed E-state index contributed by atoms with van der Waals surface area (Å²) < 4.78 is 0. The minimum Gasteiger partial charge on any atom is -0.330 e. The predicted octanol–water partition coefficient (Wildman–Crippen LogP) is 1.08. The summed E-state index contributed by atoms with van der Waals surface area (Å²) in [5.74, 6) is 0. The molecule has 0 fully saturated rings. The second-order valence-corrected chi connectivity index (χ2v) is 3.01. The van der Waals surface area contributed by atoms with Gasteiger partial charge < -0.3 is 10.6 Å². The lowest BCUT2D eigenvalue weighted by atomic mass is 10.1. The van der Waals surface area contributed by atoms with Crippen LogP contribution in [0.2, 0.25) is 0 Å². The van der Waals surface area contributed by atoms with Crippen LogP contribution in [-0.2, 0) is 0 Å². The summed E-state index contributed by atoms with van der Waals surface area (Å²) in [7, 11) is 4.04. The Kier molecular flexibility index (Phi) is 3.03. The first-order valence-corrected chi connectivity index (χ1v) is 4.12. The van der Waals surface area contributed by atoms with Crippen molar-refractivity contribution in [2.75, 3.05) is 20.6 Å². The van der Waals surface area contributed by atoms with E-state index in [-0.39, 0.29) is 0 Å². The van der Waals surface area contributed by atoms with Crippen LogP contribution in [0.1, 0.15) is 6.42 Å². The molecule has 1 aliphatic carbocycles. The highest BCUT2D eigenvalue weighted by atomic mass is 15.1. The van der Waals surface area contributed by atoms with Crippen LogP contribution in [0.25, 0.3) is 0 Å². The van der Waals surface area contributed by atoms with Gasteiger partial charge in [-0.05, 0) is 6.54 Å². The molecular formula is C10H15N2+. The number of hydrogen-bond acceptors (Lipinski definition) is 2. The van der Waals surface area contributed by atoms with E-state index >= 15 is 0 Å². The molecule has 0 aromatic carbocycles. The van der Waals surface area contributed by atoms with Crippen LogP contribution in [-0.4, -0.2) is 25.5 Å². The van der Waals surface area contributed by atoms with Crippen molar-refractivity contribution in [2.24, 2.45) is 5.73 Å². The molecule has 0 spiro atoms. The average Bonchev–Trinajstić information content (AvgIpc) is 2.06. The van der Waals surface area contributed by atoms with E-state index in [0.29, 0.717) is 6.54 Å². The topological polar surface area (TPSA) is 29.3 Å². The zero-order valence-corrected chi connectivity index (χ0v) is 7.67. The number of nitrogens with zero attached hydrogens (tertiary/aromatic N) is 1. The molecule has 0 amide bonds. The maximum absolute atomic E-state index is 5.43. The van der Waals surface area contributed by atoms with Crippen molar-refractivity contribution in [1.29, 1.82) is 0 Å². The highest BCUT2D eigenvalue weighted by Crippen LogP contribution is 2.12. The lowest BCUT2D eigenvalue weighted by Crippen LogP contribution is -2.10. The maximum atomic E-state index is 5.43. The van der Waals surface area contributed by atoms with Gasteiger partial charge in [0.1, 0.15) is 17.3 Å². The van der Waals surface area contributed by atoms with E-state index in [9.17, 15) is 0 Å². The molecule has 0 aliphatic heterocycles. The van der Waals surface area contributed by atoms with Gasteiger partial charge in [0.15, 0.2) is 0 Å². The Labute approximate surface area is 74.0 Å². The lowest BCUT2D eigenvalue weighted by Gasteiger charge is -2.07. The summed E-state index contributed by atoms with van der Waals surface area (Å²) in [6.45, 7) is 0.692. The van der Waals surface area contributed by atoms with E-state index in [1.54, 1.807) is 0 Å². The molecule has 2 N–H and O–H groups in total. The maximum Gasteiger partial charge on any atom is 0.148 e. The van der Waals surface area contributed by atoms with Crippen molar-refractivity contribution >= 4 is 0 Å². The van der Waals surface area contributed by atoms with Crippen LogP contribution in [0, 0.1) is 6.08 Å². The van der Waals surface area contributed by atoms with Gasteiger partial charge in [0.05, 0.1) is 12.2 Å². The average molecular weight is 163 g/mol. The zero-order valence-electron chi connectivity index (χ0n) is 7.67. The number of hydrogen-bond donors (Lipinski definition) is 1. The lowest BCUT2D eigenvalue weighted by molar-refractivity contribution is 0.529. The van der Waals surface area contributed by atoms with Crippen molar-refractivity contribution in [2.45, 2.75) is 6.42 Å². The van der Waals surface area contributed by atoms with Crippen LogP contribution < -0.4 is 5.73 Å². The quantitative estimate of drug-likeness (QED) is 0.631. The van der Waals surface area contributed by atoms with Gasteiger partial charge in [-0.3, -0.25) is 0 Å². The number of rotatable bonds is 3. The van der Waals surface area contributed by atoms with Crippen LogP contribution >= 0.6 is 0 Å². The second kappa shape index (κ2) is 4.05. The summed E-state index contributed by atoms with van der Waals surface area (Å²) in [5.41, 5.74) is 7.79. The fourth-order valence-electron chi connectivity index (χ4n) is 1.04. The van der Waals surface area contributed by atoms with Crippen molar-refractivity contribution in [3.63, 3.8) is 0 Å². The van der Waals surface area contributed by atoms with Crippen molar-refractivity contribution in [1.82, 2.24) is 4.90 Å². The van der Waals surface area contributed by atoms with Crippen LogP contribution in [0.3, 0.4) is 0 Å². The number of allylic oxidation sites excluding steroid dienone is 4. The van der Waals surface area contributed by atoms with E-state index in [0.717, 1.165) is 6.42 Å². The van der Waals surface area contributed by atoms with Crippen molar-refractivity contribution in [3.8, 4) is 0 Å². The SMILES string of the molecule is CN(C)C1=C[C+]=C(CCN)C=C1. The molecule has 0 radical (unpaired) electrons. The molecule has 0 unspecified atom stereocenters. The molecular weight excluding hydrogens is 148 g/mol. The first-order chi connectivity index (χ1) is 5.74. The van der Waals surface area contributed by atoms with E-state index in [1.165, 1.54) is 11.3 Å². The molecule has 64 valence electrons. The molecule has 2 nitrogen and oxygen atoms in total. The Balaban J connectivity index is 2.63. The van der Waals surface area contributed by atoms with Crippen LogP contribution in [0.5, 0.6) is 0 Å². The van der Waals surface area contributed by atoms with Gasteiger partial charge in [-0.15, -0.1) is 0 Å². The standard InChI is InChI=1S/C10H15N2/c1-12(2)10-5-3-9(4-6-10)7-8-11/h3,5-6H,7-8,11H2,1-2H3/q+1. The minimum atomic E-state index is 0.692. The molecule has 2 heteroatoms. The molecule has 12 heavy (non-hydrogen) atoms. The molecule has 0 bridgehead atoms. The Morgan fingerprint density at radius 2 is 2.17 bits per heavy atom. The van der Waals surface area contributed by atoms with Crippen molar-refractivity contribution in [3.05, 3.63) is 35.6 Å². The predicted molar refractivity (Wildman–Crippen MR) is 51.3 cm³/mol. The second-order valence-electron chi connectivity index (χ2n) is 3.01. The minimum absolute atomic E-state index is 0.692. The highest BCUT2D eigenvalue weighted by Gasteiger charge is 2.09. The van der Waals surface area contributed by atoms with Gasteiger partial charge in [-0.2, -0.15) is 0 Å². The van der Waals surface area contributed by atoms with E-state index in [1.807, 2.05) is 20.2 Å². The summed E-state index contributed by atoms with van der Waals surface area (Å²) >= 11 is 0. The Hall–Kier alpha value is -1.11. The Bertz CT molecular complexity index is 234. The highest BCUT2D eigenvalue weighted by molar-refractivity contribution is 5.34. The largest absolute Gasteiger partial charge is 0.330 e. The molecule has 0 saturated carbocycles. The third-order valence-electron chi connectivity index (χ3n) is 1.79. The fourth-order valence-corrected chi connectivity index (χ4v) is 1.04. The van der Waals surface area contributed by atoms with Gasteiger partial charge in [0.2, 0.25) is 0 Å². The van der Waals surface area contributed by atoms with Crippen LogP contribution in [0.4, 0.5) is 0 Å². The van der Waals surface area contributed by atoms with Gasteiger partial charge >= 0.3 is 0 Å². The molecule has 1 rings (SSSR count). The normalized spacial score (nSPS) is 14.9. The molecule has 0 saturated heterocycles. The van der Waals surface area contributed by atoms with Crippen molar-refractivity contribution < 1.29 is 0 Å². The third kappa shape index (κ3) is 2.19. The number of likely N-dealkylation sites (N-methyl/N-ethyl adjacent to an activating group) is 1. The van der Waals surface area contributed by atoms with Gasteiger partial charge in [-0.1, -0.05) is 0 Å². The molecule has 1 aliphatic rings. The summed E-state index contributed by atoms with van der Waals surface area (Å²) in [6, 6.07) is 0. The first kappa shape index (κ1) is 8.98. The Morgan fingerprint density at radius 3 is 2.58 bits per heavy atom. The van der Waals surface area contributed by atoms with E-state index < -0.39 is 0 Å². The zero-order chi connectivity index (χ0) is 8.97. The summed E-state index contributed by atoms with van der Waals surface area (Å²) in [5, 5.41) is 0. The molecule has 0 heterocycles. The molecule has 0 aromatic heterocycles. The van der Waals surface area contributed by atoms with E-state index in [2.05, 4.69) is 23.1 Å². The monoisotopic (exact) mass is 163 g/mol. The third-order valence-corrected chi connectivity index (χ3v) is 1.79. The summed E-state index contributed by atoms with van der Waals surface area (Å²) in [4.78, 5) is 2.06. The molecule has 0 atom stereocenters. The van der Waals surface area contributed by atoms with Gasteiger partial charge in [0.25, 0.3) is 0 Å². The van der Waals surface area contributed by atoms with E-state index in [4.69, 9.17) is 5.73 Å². The molecule has 0 aromatic rings.